The van der Waals surface area contributed by atoms with Crippen molar-refractivity contribution in [3.8, 4) is 35.1 Å². The van der Waals surface area contributed by atoms with Crippen LogP contribution >= 0.6 is 0 Å². The molecule has 0 atom stereocenters. The average molecular weight is 519 g/mol. The summed E-state index contributed by atoms with van der Waals surface area (Å²) in [4.78, 5) is 8.02. The van der Waals surface area contributed by atoms with Crippen molar-refractivity contribution in [2.75, 3.05) is 0 Å². The van der Waals surface area contributed by atoms with E-state index in [1.807, 2.05) is 53.7 Å². The van der Waals surface area contributed by atoms with Gasteiger partial charge in [-0.15, -0.1) is 0 Å². The SMILES string of the molecule is CC(C)(C)Oc1ccc(C=NC(C#N)=C(C#N)N=Cc2ccc(OC(C)(C)C)cc2O)c(O)c1.[Ni]. The van der Waals surface area contributed by atoms with E-state index >= 15 is 0 Å². The Morgan fingerprint density at radius 2 is 1.09 bits per heavy atom. The second kappa shape index (κ2) is 12.1. The monoisotopic (exact) mass is 518 g/mol. The van der Waals surface area contributed by atoms with Crippen LogP contribution in [-0.2, 0) is 16.5 Å². The van der Waals surface area contributed by atoms with Gasteiger partial charge in [-0.3, -0.25) is 0 Å². The fourth-order valence-electron chi connectivity index (χ4n) is 2.65. The van der Waals surface area contributed by atoms with Gasteiger partial charge in [0, 0.05) is 52.2 Å². The van der Waals surface area contributed by atoms with Crippen LogP contribution in [0.2, 0.25) is 0 Å². The van der Waals surface area contributed by atoms with Crippen molar-refractivity contribution < 1.29 is 36.2 Å². The molecule has 2 aromatic carbocycles. The maximum Gasteiger partial charge on any atom is 0.176 e. The first-order valence-corrected chi connectivity index (χ1v) is 10.5. The normalized spacial score (nSPS) is 12.5. The van der Waals surface area contributed by atoms with Crippen LogP contribution in [0.15, 0.2) is 57.8 Å². The molecule has 0 aliphatic carbocycles. The molecule has 0 spiro atoms. The van der Waals surface area contributed by atoms with Crippen LogP contribution in [-0.4, -0.2) is 33.8 Å². The molecule has 0 unspecified atom stereocenters. The predicted octanol–water partition coefficient (Wildman–Crippen LogP) is 5.25. The summed E-state index contributed by atoms with van der Waals surface area (Å²) in [6.45, 7) is 11.3. The van der Waals surface area contributed by atoms with E-state index < -0.39 is 11.2 Å². The molecular formula is C26H28N4NiO4. The van der Waals surface area contributed by atoms with Gasteiger partial charge in [-0.1, -0.05) is 0 Å². The maximum atomic E-state index is 10.2. The Hall–Kier alpha value is -3.81. The van der Waals surface area contributed by atoms with Gasteiger partial charge in [0.25, 0.3) is 0 Å². The summed E-state index contributed by atoms with van der Waals surface area (Å²) in [6, 6.07) is 13.1. The Labute approximate surface area is 215 Å². The number of hydrogen-bond donors (Lipinski definition) is 2. The molecule has 0 aliphatic heterocycles. The number of benzene rings is 2. The quantitative estimate of drug-likeness (QED) is 0.305. The molecule has 0 aromatic heterocycles. The molecule has 2 aromatic rings. The van der Waals surface area contributed by atoms with E-state index in [1.165, 1.54) is 24.6 Å². The minimum absolute atomic E-state index is 0. The number of rotatable bonds is 6. The zero-order valence-electron chi connectivity index (χ0n) is 20.4. The minimum atomic E-state index is -0.424. The van der Waals surface area contributed by atoms with Crippen molar-refractivity contribution in [3.63, 3.8) is 0 Å². The number of phenols is 2. The first kappa shape index (κ1) is 29.2. The van der Waals surface area contributed by atoms with Crippen molar-refractivity contribution in [3.05, 3.63) is 58.9 Å². The number of nitrogens with zero attached hydrogens (tertiary/aromatic N) is 4. The van der Waals surface area contributed by atoms with E-state index in [4.69, 9.17) is 9.47 Å². The van der Waals surface area contributed by atoms with Gasteiger partial charge in [0.2, 0.25) is 0 Å². The van der Waals surface area contributed by atoms with Crippen molar-refractivity contribution in [2.24, 2.45) is 9.98 Å². The van der Waals surface area contributed by atoms with Crippen LogP contribution in [0.25, 0.3) is 0 Å². The van der Waals surface area contributed by atoms with Crippen LogP contribution in [0.1, 0.15) is 52.7 Å². The minimum Gasteiger partial charge on any atom is -0.507 e. The molecule has 2 rings (SSSR count). The van der Waals surface area contributed by atoms with Gasteiger partial charge in [-0.2, -0.15) is 10.5 Å². The Balaban J connectivity index is 0.00000612. The summed E-state index contributed by atoms with van der Waals surface area (Å²) in [5.41, 5.74) is -0.676. The zero-order chi connectivity index (χ0) is 25.5. The molecule has 186 valence electrons. The largest absolute Gasteiger partial charge is 0.507 e. The molecule has 0 saturated carbocycles. The summed E-state index contributed by atoms with van der Waals surface area (Å²) in [6.07, 6.45) is 2.52. The second-order valence-corrected chi connectivity index (χ2v) is 9.31. The summed E-state index contributed by atoms with van der Waals surface area (Å²) >= 11 is 0. The van der Waals surface area contributed by atoms with Crippen LogP contribution in [0, 0.1) is 22.7 Å². The standard InChI is InChI=1S/C26H28N4O4.Ni/c1-25(2,3)33-19-9-7-17(23(31)11-19)15-29-21(13-27)22(14-28)30-16-18-8-10-20(12-24(18)32)34-26(4,5)6;/h7-12,15-16,31-32H,1-6H3;. The third-order valence-corrected chi connectivity index (χ3v) is 3.95. The molecule has 0 heterocycles. The first-order valence-electron chi connectivity index (χ1n) is 10.5. The number of aliphatic imine (C=N–C) groups is 2. The summed E-state index contributed by atoms with van der Waals surface area (Å²) < 4.78 is 11.4. The van der Waals surface area contributed by atoms with Crippen molar-refractivity contribution in [1.82, 2.24) is 0 Å². The van der Waals surface area contributed by atoms with Crippen LogP contribution in [0.5, 0.6) is 23.0 Å². The number of ether oxygens (including phenoxy) is 2. The molecule has 0 fully saturated rings. The molecule has 0 radical (unpaired) electrons. The number of hydrogen-bond acceptors (Lipinski definition) is 8. The average Bonchev–Trinajstić information content (AvgIpc) is 2.70. The predicted molar refractivity (Wildman–Crippen MR) is 130 cm³/mol. The fourth-order valence-corrected chi connectivity index (χ4v) is 2.65. The Morgan fingerprint density at radius 1 is 0.743 bits per heavy atom. The van der Waals surface area contributed by atoms with Gasteiger partial charge in [0.05, 0.1) is 0 Å². The van der Waals surface area contributed by atoms with E-state index in [0.29, 0.717) is 22.6 Å². The first-order chi connectivity index (χ1) is 15.8. The zero-order valence-corrected chi connectivity index (χ0v) is 21.4. The van der Waals surface area contributed by atoms with E-state index in [-0.39, 0.29) is 39.4 Å². The Bertz CT molecular complexity index is 1130. The van der Waals surface area contributed by atoms with E-state index in [1.54, 1.807) is 24.3 Å². The third kappa shape index (κ3) is 9.53. The van der Waals surface area contributed by atoms with Crippen LogP contribution in [0.3, 0.4) is 0 Å². The Morgan fingerprint density at radius 3 is 1.34 bits per heavy atom. The number of aromatic hydroxyl groups is 2. The molecule has 2 N–H and O–H groups in total. The smallest absolute Gasteiger partial charge is 0.176 e. The van der Waals surface area contributed by atoms with Crippen LogP contribution < -0.4 is 9.47 Å². The second-order valence-electron chi connectivity index (χ2n) is 9.31. The molecule has 0 aliphatic rings. The molecule has 0 saturated heterocycles. The molecular weight excluding hydrogens is 491 g/mol. The van der Waals surface area contributed by atoms with E-state index in [2.05, 4.69) is 9.98 Å². The number of phenolic OH excluding ortho intramolecular Hbond substituents is 2. The topological polar surface area (TPSA) is 131 Å². The van der Waals surface area contributed by atoms with Crippen LogP contribution in [0.4, 0.5) is 0 Å². The van der Waals surface area contributed by atoms with E-state index in [9.17, 15) is 20.7 Å². The molecule has 0 bridgehead atoms. The number of allylic oxidation sites excluding steroid dienone is 2. The van der Waals surface area contributed by atoms with Gasteiger partial charge < -0.3 is 19.7 Å². The Kier molecular flexibility index (Phi) is 10.1. The summed E-state index contributed by atoms with van der Waals surface area (Å²) in [5, 5.41) is 39.4. The number of nitriles is 2. The van der Waals surface area contributed by atoms with Gasteiger partial charge in [-0.25, -0.2) is 9.98 Å². The van der Waals surface area contributed by atoms with Crippen molar-refractivity contribution in [2.45, 2.75) is 52.7 Å². The van der Waals surface area contributed by atoms with Gasteiger partial charge in [-0.05, 0) is 65.8 Å². The maximum absolute atomic E-state index is 10.2. The van der Waals surface area contributed by atoms with Crippen molar-refractivity contribution in [1.29, 1.82) is 10.5 Å². The molecule has 9 heteroatoms. The molecule has 0 amide bonds. The molecule has 8 nitrogen and oxygen atoms in total. The van der Waals surface area contributed by atoms with Crippen molar-refractivity contribution >= 4 is 12.4 Å². The van der Waals surface area contributed by atoms with Gasteiger partial charge in [0.1, 0.15) is 46.3 Å². The fraction of sp³-hybridized carbons (Fsp3) is 0.308. The third-order valence-electron chi connectivity index (χ3n) is 3.95. The summed E-state index contributed by atoms with van der Waals surface area (Å²) in [5.74, 6) is 0.790. The molecule has 35 heavy (non-hydrogen) atoms. The van der Waals surface area contributed by atoms with Gasteiger partial charge >= 0.3 is 0 Å². The van der Waals surface area contributed by atoms with Gasteiger partial charge in [0.15, 0.2) is 11.4 Å². The summed E-state index contributed by atoms with van der Waals surface area (Å²) in [7, 11) is 0. The van der Waals surface area contributed by atoms with E-state index in [0.717, 1.165) is 0 Å².